The number of aromatic nitrogens is 2. The smallest absolute Gasteiger partial charge is 0.273 e. The number of aliphatic hydroxyl groups excluding tert-OH is 1. The molecule has 2 rings (SSSR count). The van der Waals surface area contributed by atoms with Crippen LogP contribution in [0.3, 0.4) is 0 Å². The number of carbonyl (C=O) groups excluding carboxylic acids is 1. The van der Waals surface area contributed by atoms with Gasteiger partial charge in [-0.3, -0.25) is 9.59 Å². The molecule has 0 bridgehead atoms. The van der Waals surface area contributed by atoms with Crippen molar-refractivity contribution in [2.75, 3.05) is 13.1 Å². The van der Waals surface area contributed by atoms with Gasteiger partial charge >= 0.3 is 0 Å². The maximum atomic E-state index is 11.9. The average molecular weight is 223 g/mol. The summed E-state index contributed by atoms with van der Waals surface area (Å²) < 4.78 is 0. The number of likely N-dealkylation sites (tertiary alicyclic amines) is 1. The van der Waals surface area contributed by atoms with Gasteiger partial charge in [-0.15, -0.1) is 0 Å². The van der Waals surface area contributed by atoms with Gasteiger partial charge in [0.2, 0.25) is 0 Å². The molecule has 0 saturated carbocycles. The zero-order valence-corrected chi connectivity index (χ0v) is 8.72. The summed E-state index contributed by atoms with van der Waals surface area (Å²) in [4.78, 5) is 30.5. The van der Waals surface area contributed by atoms with E-state index in [0.717, 1.165) is 6.20 Å². The fourth-order valence-corrected chi connectivity index (χ4v) is 1.69. The second-order valence-electron chi connectivity index (χ2n) is 3.82. The quantitative estimate of drug-likeness (QED) is 0.663. The van der Waals surface area contributed by atoms with E-state index in [4.69, 9.17) is 0 Å². The Hall–Kier alpha value is -1.69. The van der Waals surface area contributed by atoms with Crippen LogP contribution in [0.5, 0.6) is 0 Å². The number of hydrogen-bond acceptors (Lipinski definition) is 4. The first-order chi connectivity index (χ1) is 7.66. The van der Waals surface area contributed by atoms with Gasteiger partial charge < -0.3 is 15.0 Å². The van der Waals surface area contributed by atoms with E-state index in [1.54, 1.807) is 4.90 Å². The van der Waals surface area contributed by atoms with Gasteiger partial charge in [0, 0.05) is 19.3 Å². The van der Waals surface area contributed by atoms with Crippen LogP contribution in [0.2, 0.25) is 0 Å². The highest BCUT2D eigenvalue weighted by molar-refractivity contribution is 5.91. The maximum Gasteiger partial charge on any atom is 0.273 e. The van der Waals surface area contributed by atoms with Crippen LogP contribution in [0.1, 0.15) is 23.3 Å². The Bertz CT molecular complexity index is 415. The van der Waals surface area contributed by atoms with Crippen LogP contribution in [-0.4, -0.2) is 45.1 Å². The Balaban J connectivity index is 2.07. The first-order valence-electron chi connectivity index (χ1n) is 5.19. The van der Waals surface area contributed by atoms with Crippen LogP contribution >= 0.6 is 0 Å². The summed E-state index contributed by atoms with van der Waals surface area (Å²) in [6.45, 7) is 1.06. The van der Waals surface area contributed by atoms with Crippen LogP contribution in [-0.2, 0) is 0 Å². The number of hydrogen-bond donors (Lipinski definition) is 2. The summed E-state index contributed by atoms with van der Waals surface area (Å²) in [6.07, 6.45) is 3.28. The highest BCUT2D eigenvalue weighted by atomic mass is 16.3. The summed E-state index contributed by atoms with van der Waals surface area (Å²) in [5, 5.41) is 9.31. The third-order valence-corrected chi connectivity index (χ3v) is 2.64. The van der Waals surface area contributed by atoms with Crippen molar-refractivity contribution in [1.82, 2.24) is 14.9 Å². The number of rotatable bonds is 1. The lowest BCUT2D eigenvalue weighted by molar-refractivity contribution is 0.0541. The molecule has 1 fully saturated rings. The fraction of sp³-hybridized carbons (Fsp3) is 0.500. The molecule has 2 N–H and O–H groups in total. The van der Waals surface area contributed by atoms with Crippen molar-refractivity contribution in [1.29, 1.82) is 0 Å². The van der Waals surface area contributed by atoms with Gasteiger partial charge in [-0.25, -0.2) is 4.98 Å². The van der Waals surface area contributed by atoms with Crippen molar-refractivity contribution in [3.8, 4) is 0 Å². The van der Waals surface area contributed by atoms with Crippen molar-refractivity contribution < 1.29 is 9.90 Å². The normalized spacial score (nSPS) is 17.4. The molecule has 6 nitrogen and oxygen atoms in total. The minimum atomic E-state index is -0.328. The number of nitrogens with one attached hydrogen (secondary N) is 1. The Kier molecular flexibility index (Phi) is 3.00. The summed E-state index contributed by atoms with van der Waals surface area (Å²) in [5.74, 6) is -0.205. The summed E-state index contributed by atoms with van der Waals surface area (Å²) in [5.41, 5.74) is -0.0957. The van der Waals surface area contributed by atoms with E-state index in [2.05, 4.69) is 9.97 Å². The molecule has 2 heterocycles. The van der Waals surface area contributed by atoms with E-state index in [0.29, 0.717) is 25.9 Å². The average Bonchev–Trinajstić information content (AvgIpc) is 2.30. The fourth-order valence-electron chi connectivity index (χ4n) is 1.69. The van der Waals surface area contributed by atoms with Gasteiger partial charge in [-0.05, 0) is 12.8 Å². The molecule has 1 aromatic heterocycles. The van der Waals surface area contributed by atoms with Crippen LogP contribution in [0.25, 0.3) is 0 Å². The lowest BCUT2D eigenvalue weighted by Gasteiger charge is -2.29. The summed E-state index contributed by atoms with van der Waals surface area (Å²) in [7, 11) is 0. The Morgan fingerprint density at radius 2 is 2.19 bits per heavy atom. The zero-order valence-electron chi connectivity index (χ0n) is 8.72. The number of carbonyl (C=O) groups is 1. The third-order valence-electron chi connectivity index (χ3n) is 2.64. The number of nitrogens with zero attached hydrogens (tertiary/aromatic N) is 2. The molecule has 1 aliphatic heterocycles. The van der Waals surface area contributed by atoms with E-state index >= 15 is 0 Å². The molecule has 0 atom stereocenters. The molecule has 1 amide bonds. The molecule has 0 unspecified atom stereocenters. The Labute approximate surface area is 91.9 Å². The van der Waals surface area contributed by atoms with Gasteiger partial charge in [0.05, 0.1) is 12.3 Å². The van der Waals surface area contributed by atoms with Crippen molar-refractivity contribution in [2.45, 2.75) is 18.9 Å². The second kappa shape index (κ2) is 4.44. The van der Waals surface area contributed by atoms with E-state index in [-0.39, 0.29) is 23.3 Å². The molecule has 6 heteroatoms. The van der Waals surface area contributed by atoms with Gasteiger partial charge in [-0.1, -0.05) is 0 Å². The van der Waals surface area contributed by atoms with Crippen molar-refractivity contribution in [2.24, 2.45) is 0 Å². The van der Waals surface area contributed by atoms with E-state index < -0.39 is 0 Å². The van der Waals surface area contributed by atoms with Gasteiger partial charge in [0.1, 0.15) is 5.69 Å². The number of amides is 1. The molecule has 86 valence electrons. The summed E-state index contributed by atoms with van der Waals surface area (Å²) >= 11 is 0. The van der Waals surface area contributed by atoms with E-state index in [1.165, 1.54) is 6.20 Å². The number of aromatic amines is 1. The maximum absolute atomic E-state index is 11.9. The van der Waals surface area contributed by atoms with E-state index in [9.17, 15) is 14.7 Å². The van der Waals surface area contributed by atoms with Gasteiger partial charge in [-0.2, -0.15) is 0 Å². The topological polar surface area (TPSA) is 86.3 Å². The highest BCUT2D eigenvalue weighted by Crippen LogP contribution is 2.11. The van der Waals surface area contributed by atoms with Gasteiger partial charge in [0.15, 0.2) is 0 Å². The van der Waals surface area contributed by atoms with Crippen molar-refractivity contribution in [3.05, 3.63) is 28.4 Å². The minimum Gasteiger partial charge on any atom is -0.393 e. The Morgan fingerprint density at radius 3 is 2.75 bits per heavy atom. The predicted molar refractivity (Wildman–Crippen MR) is 56.0 cm³/mol. The SMILES string of the molecule is O=C(c1c[nH]c(=O)cn1)N1CCC(O)CC1. The number of aliphatic hydroxyl groups is 1. The van der Waals surface area contributed by atoms with Crippen LogP contribution in [0, 0.1) is 0 Å². The largest absolute Gasteiger partial charge is 0.393 e. The van der Waals surface area contributed by atoms with Crippen molar-refractivity contribution in [3.63, 3.8) is 0 Å². The molecule has 0 aromatic carbocycles. The zero-order chi connectivity index (χ0) is 11.5. The molecule has 0 spiro atoms. The first kappa shape index (κ1) is 10.8. The standard InChI is InChI=1S/C10H13N3O3/c14-7-1-3-13(4-2-7)10(16)8-5-12-9(15)6-11-8/h5-7,14H,1-4H2,(H,12,15). The van der Waals surface area contributed by atoms with E-state index in [1.807, 2.05) is 0 Å². The lowest BCUT2D eigenvalue weighted by atomic mass is 10.1. The number of H-pyrrole nitrogens is 1. The monoisotopic (exact) mass is 223 g/mol. The lowest BCUT2D eigenvalue weighted by Crippen LogP contribution is -2.40. The Morgan fingerprint density at radius 1 is 1.50 bits per heavy atom. The van der Waals surface area contributed by atoms with Crippen LogP contribution < -0.4 is 5.56 Å². The predicted octanol–water partition coefficient (Wildman–Crippen LogP) is -0.633. The molecular formula is C10H13N3O3. The molecule has 16 heavy (non-hydrogen) atoms. The third kappa shape index (κ3) is 2.27. The molecular weight excluding hydrogens is 210 g/mol. The van der Waals surface area contributed by atoms with Gasteiger partial charge in [0.25, 0.3) is 11.5 Å². The number of piperidine rings is 1. The van der Waals surface area contributed by atoms with Crippen molar-refractivity contribution >= 4 is 5.91 Å². The summed E-state index contributed by atoms with van der Waals surface area (Å²) in [6, 6.07) is 0. The first-order valence-corrected chi connectivity index (χ1v) is 5.19. The molecule has 1 saturated heterocycles. The second-order valence-corrected chi connectivity index (χ2v) is 3.82. The molecule has 0 aliphatic carbocycles. The minimum absolute atomic E-state index is 0.205. The van der Waals surface area contributed by atoms with Crippen LogP contribution in [0.4, 0.5) is 0 Å². The molecule has 1 aliphatic rings. The highest BCUT2D eigenvalue weighted by Gasteiger charge is 2.22. The molecule has 0 radical (unpaired) electrons. The molecule has 1 aromatic rings. The van der Waals surface area contributed by atoms with Crippen LogP contribution in [0.15, 0.2) is 17.2 Å².